The summed E-state index contributed by atoms with van der Waals surface area (Å²) < 4.78 is 6.89. The second-order valence-electron chi connectivity index (χ2n) is 5.43. The van der Waals surface area contributed by atoms with Crippen LogP contribution in [0, 0.1) is 0 Å². The maximum atomic E-state index is 12.3. The Morgan fingerprint density at radius 1 is 1.08 bits per heavy atom. The van der Waals surface area contributed by atoms with Crippen molar-refractivity contribution < 1.29 is 9.32 Å². The summed E-state index contributed by atoms with van der Waals surface area (Å²) in [5.74, 6) is 0.569. The van der Waals surface area contributed by atoms with Crippen LogP contribution in [-0.2, 0) is 6.54 Å². The molecule has 0 saturated carbocycles. The second-order valence-corrected chi connectivity index (χ2v) is 5.43. The fourth-order valence-electron chi connectivity index (χ4n) is 2.39. The highest BCUT2D eigenvalue weighted by Crippen LogP contribution is 2.14. The van der Waals surface area contributed by atoms with Crippen LogP contribution in [0.15, 0.2) is 71.8 Å². The van der Waals surface area contributed by atoms with Crippen molar-refractivity contribution in [2.45, 2.75) is 6.54 Å². The predicted octanol–water partition coefficient (Wildman–Crippen LogP) is 2.25. The van der Waals surface area contributed by atoms with Gasteiger partial charge in [0, 0.05) is 35.9 Å². The molecular weight excluding hydrogens is 332 g/mol. The van der Waals surface area contributed by atoms with Crippen LogP contribution in [0.1, 0.15) is 16.2 Å². The largest absolute Gasteiger partial charge is 0.343 e. The van der Waals surface area contributed by atoms with E-state index >= 15 is 0 Å². The molecule has 0 atom stereocenters. The van der Waals surface area contributed by atoms with E-state index in [1.54, 1.807) is 47.5 Å². The molecule has 0 aliphatic carbocycles. The summed E-state index contributed by atoms with van der Waals surface area (Å²) in [6.07, 6.45) is 6.84. The zero-order chi connectivity index (χ0) is 17.8. The molecule has 1 amide bonds. The van der Waals surface area contributed by atoms with Gasteiger partial charge in [0.1, 0.15) is 0 Å². The fraction of sp³-hybridized carbons (Fsp3) is 0.0556. The number of pyridine rings is 1. The minimum atomic E-state index is -0.222. The number of carbonyl (C=O) groups excluding carboxylic acids is 1. The number of hydrogen-bond donors (Lipinski definition) is 1. The molecule has 0 fully saturated rings. The predicted molar refractivity (Wildman–Crippen MR) is 92.3 cm³/mol. The van der Waals surface area contributed by atoms with Crippen molar-refractivity contribution >= 4 is 5.91 Å². The van der Waals surface area contributed by atoms with Gasteiger partial charge in [0.25, 0.3) is 5.91 Å². The third-order valence-electron chi connectivity index (χ3n) is 3.71. The van der Waals surface area contributed by atoms with Crippen LogP contribution in [0.25, 0.3) is 17.1 Å². The lowest BCUT2D eigenvalue weighted by atomic mass is 10.2. The molecule has 3 heterocycles. The van der Waals surface area contributed by atoms with Gasteiger partial charge in [-0.1, -0.05) is 5.16 Å². The minimum absolute atomic E-state index is 0.151. The van der Waals surface area contributed by atoms with Gasteiger partial charge in [0.05, 0.1) is 12.2 Å². The van der Waals surface area contributed by atoms with E-state index in [0.717, 1.165) is 11.3 Å². The summed E-state index contributed by atoms with van der Waals surface area (Å²) in [5, 5.41) is 10.8. The first-order valence-corrected chi connectivity index (χ1v) is 7.91. The summed E-state index contributed by atoms with van der Waals surface area (Å²) in [7, 11) is 0. The van der Waals surface area contributed by atoms with Gasteiger partial charge in [-0.3, -0.25) is 9.78 Å². The van der Waals surface area contributed by atoms with Crippen LogP contribution in [-0.4, -0.2) is 30.8 Å². The Labute approximate surface area is 148 Å². The van der Waals surface area contributed by atoms with Crippen LogP contribution in [0.4, 0.5) is 0 Å². The number of nitrogens with zero attached hydrogens (tertiary/aromatic N) is 5. The molecule has 0 bridgehead atoms. The quantitative estimate of drug-likeness (QED) is 0.595. The zero-order valence-corrected chi connectivity index (χ0v) is 13.6. The standard InChI is InChI=1S/C18H14N6O2/c25-18(14-2-4-15(5-3-14)24-11-1-8-21-24)20-12-16-22-17(23-26-16)13-6-9-19-10-7-13/h1-11H,12H2,(H,20,25). The summed E-state index contributed by atoms with van der Waals surface area (Å²) in [6.45, 7) is 0.151. The Balaban J connectivity index is 1.39. The third kappa shape index (κ3) is 3.34. The molecule has 26 heavy (non-hydrogen) atoms. The van der Waals surface area contributed by atoms with Crippen molar-refractivity contribution in [3.8, 4) is 17.1 Å². The molecule has 0 spiro atoms. The van der Waals surface area contributed by atoms with E-state index in [1.807, 2.05) is 24.4 Å². The van der Waals surface area contributed by atoms with E-state index in [4.69, 9.17) is 4.52 Å². The molecule has 3 aromatic heterocycles. The van der Waals surface area contributed by atoms with Gasteiger partial charge in [-0.15, -0.1) is 0 Å². The molecule has 0 aliphatic heterocycles. The molecule has 0 saturated heterocycles. The van der Waals surface area contributed by atoms with E-state index in [9.17, 15) is 4.79 Å². The summed E-state index contributed by atoms with van der Waals surface area (Å²) in [5.41, 5.74) is 2.22. The van der Waals surface area contributed by atoms with Crippen molar-refractivity contribution in [1.82, 2.24) is 30.2 Å². The molecule has 1 N–H and O–H groups in total. The Bertz CT molecular complexity index is 994. The van der Waals surface area contributed by atoms with Crippen molar-refractivity contribution in [3.63, 3.8) is 0 Å². The summed E-state index contributed by atoms with van der Waals surface area (Å²) in [6, 6.07) is 12.5. The van der Waals surface area contributed by atoms with Crippen LogP contribution in [0.2, 0.25) is 0 Å². The van der Waals surface area contributed by atoms with Crippen LogP contribution in [0.3, 0.4) is 0 Å². The monoisotopic (exact) mass is 346 g/mol. The molecule has 4 rings (SSSR count). The highest BCUT2D eigenvalue weighted by Gasteiger charge is 2.11. The van der Waals surface area contributed by atoms with E-state index in [0.29, 0.717) is 17.3 Å². The average Bonchev–Trinajstić information content (AvgIpc) is 3.39. The molecule has 8 heteroatoms. The average molecular weight is 346 g/mol. The Hall–Kier alpha value is -3.81. The summed E-state index contributed by atoms with van der Waals surface area (Å²) >= 11 is 0. The molecular formula is C18H14N6O2. The fourth-order valence-corrected chi connectivity index (χ4v) is 2.39. The molecule has 8 nitrogen and oxygen atoms in total. The SMILES string of the molecule is O=C(NCc1nc(-c2ccncc2)no1)c1ccc(-n2cccn2)cc1. The van der Waals surface area contributed by atoms with Gasteiger partial charge in [0.15, 0.2) is 0 Å². The number of nitrogens with one attached hydrogen (secondary N) is 1. The molecule has 128 valence electrons. The van der Waals surface area contributed by atoms with E-state index in [2.05, 4.69) is 25.5 Å². The number of benzene rings is 1. The molecule has 0 aliphatic rings. The lowest BCUT2D eigenvalue weighted by Gasteiger charge is -2.04. The van der Waals surface area contributed by atoms with Gasteiger partial charge < -0.3 is 9.84 Å². The van der Waals surface area contributed by atoms with Crippen LogP contribution >= 0.6 is 0 Å². The van der Waals surface area contributed by atoms with Gasteiger partial charge in [-0.25, -0.2) is 4.68 Å². The van der Waals surface area contributed by atoms with E-state index in [-0.39, 0.29) is 12.5 Å². The zero-order valence-electron chi connectivity index (χ0n) is 13.6. The first-order chi connectivity index (χ1) is 12.8. The number of carbonyl (C=O) groups is 1. The highest BCUT2D eigenvalue weighted by atomic mass is 16.5. The van der Waals surface area contributed by atoms with Crippen LogP contribution < -0.4 is 5.32 Å². The van der Waals surface area contributed by atoms with Crippen molar-refractivity contribution in [3.05, 3.63) is 78.7 Å². The second kappa shape index (κ2) is 6.98. The molecule has 1 aromatic carbocycles. The van der Waals surface area contributed by atoms with E-state index in [1.165, 1.54) is 0 Å². The van der Waals surface area contributed by atoms with Crippen LogP contribution in [0.5, 0.6) is 0 Å². The maximum Gasteiger partial charge on any atom is 0.251 e. The normalized spacial score (nSPS) is 10.6. The van der Waals surface area contributed by atoms with Crippen molar-refractivity contribution in [1.29, 1.82) is 0 Å². The number of aromatic nitrogens is 5. The Morgan fingerprint density at radius 2 is 1.88 bits per heavy atom. The third-order valence-corrected chi connectivity index (χ3v) is 3.71. The number of rotatable bonds is 5. The topological polar surface area (TPSA) is 98.7 Å². The van der Waals surface area contributed by atoms with E-state index < -0.39 is 0 Å². The van der Waals surface area contributed by atoms with Crippen molar-refractivity contribution in [2.24, 2.45) is 0 Å². The minimum Gasteiger partial charge on any atom is -0.343 e. The van der Waals surface area contributed by atoms with Gasteiger partial charge in [-0.05, 0) is 42.5 Å². The smallest absolute Gasteiger partial charge is 0.251 e. The molecule has 0 unspecified atom stereocenters. The molecule has 4 aromatic rings. The highest BCUT2D eigenvalue weighted by molar-refractivity contribution is 5.94. The number of amides is 1. The lowest BCUT2D eigenvalue weighted by Crippen LogP contribution is -2.22. The first kappa shape index (κ1) is 15.7. The van der Waals surface area contributed by atoms with Gasteiger partial charge in [0.2, 0.25) is 11.7 Å². The lowest BCUT2D eigenvalue weighted by molar-refractivity contribution is 0.0946. The Morgan fingerprint density at radius 3 is 2.62 bits per heavy atom. The maximum absolute atomic E-state index is 12.3. The van der Waals surface area contributed by atoms with Gasteiger partial charge in [-0.2, -0.15) is 10.1 Å². The number of hydrogen-bond acceptors (Lipinski definition) is 6. The summed E-state index contributed by atoms with van der Waals surface area (Å²) in [4.78, 5) is 20.5. The van der Waals surface area contributed by atoms with Crippen molar-refractivity contribution in [2.75, 3.05) is 0 Å². The van der Waals surface area contributed by atoms with Gasteiger partial charge >= 0.3 is 0 Å². The molecule has 0 radical (unpaired) electrons. The Kier molecular flexibility index (Phi) is 4.21. The first-order valence-electron chi connectivity index (χ1n) is 7.91.